The number of amides is 1. The molecule has 2 nitrogen and oxygen atoms in total. The molecule has 0 aromatic heterocycles. The number of likely N-dealkylation sites (N-methyl/N-ethyl adjacent to an activating group) is 1. The molecule has 0 atom stereocenters. The van der Waals surface area contributed by atoms with E-state index in [0.717, 1.165) is 11.1 Å². The molecule has 2 rings (SSSR count). The molecule has 1 aromatic rings. The molecule has 0 N–H and O–H groups in total. The number of fused-ring (bicyclic) bond motifs is 1. The number of carbonyl (C=O) groups is 1. The fraction of sp³-hybridized carbons (Fsp3) is 0.250. The zero-order valence-corrected chi connectivity index (χ0v) is 8.45. The summed E-state index contributed by atoms with van der Waals surface area (Å²) >= 11 is 0. The minimum absolute atomic E-state index is 0.102. The minimum Gasteiger partial charge on any atom is -0.338 e. The summed E-state index contributed by atoms with van der Waals surface area (Å²) in [7, 11) is 1.82. The number of benzene rings is 1. The van der Waals surface area contributed by atoms with Gasteiger partial charge in [0.2, 0.25) is 0 Å². The van der Waals surface area contributed by atoms with Gasteiger partial charge in [0.05, 0.1) is 0 Å². The lowest BCUT2D eigenvalue weighted by molar-refractivity contribution is 0.0811. The van der Waals surface area contributed by atoms with Crippen LogP contribution >= 0.6 is 0 Å². The average Bonchev–Trinajstić information content (AvgIpc) is 2.28. The predicted molar refractivity (Wildman–Crippen MR) is 57.2 cm³/mol. The molecular formula is C12H13NO. The summed E-state index contributed by atoms with van der Waals surface area (Å²) in [5.41, 5.74) is 3.01. The quantitative estimate of drug-likeness (QED) is 0.609. The number of carbonyl (C=O) groups excluding carboxylic acids is 1. The third-order valence-electron chi connectivity index (χ3n) is 2.46. The van der Waals surface area contributed by atoms with Gasteiger partial charge in [-0.3, -0.25) is 4.79 Å². The van der Waals surface area contributed by atoms with Gasteiger partial charge in [-0.05, 0) is 18.6 Å². The van der Waals surface area contributed by atoms with Crippen LogP contribution in [-0.4, -0.2) is 24.4 Å². The van der Waals surface area contributed by atoms with Crippen LogP contribution in [0.2, 0.25) is 0 Å². The molecule has 0 saturated carbocycles. The highest BCUT2D eigenvalue weighted by molar-refractivity contribution is 5.98. The largest absolute Gasteiger partial charge is 0.338 e. The Labute approximate surface area is 83.8 Å². The van der Waals surface area contributed by atoms with E-state index in [1.54, 1.807) is 4.90 Å². The van der Waals surface area contributed by atoms with Crippen molar-refractivity contribution in [3.05, 3.63) is 41.0 Å². The topological polar surface area (TPSA) is 20.3 Å². The Morgan fingerprint density at radius 1 is 1.36 bits per heavy atom. The van der Waals surface area contributed by atoms with Crippen LogP contribution in [-0.2, 0) is 0 Å². The third-order valence-corrected chi connectivity index (χ3v) is 2.46. The van der Waals surface area contributed by atoms with Crippen molar-refractivity contribution in [2.24, 2.45) is 0 Å². The van der Waals surface area contributed by atoms with Gasteiger partial charge in [-0.15, -0.1) is 0 Å². The lowest BCUT2D eigenvalue weighted by Crippen LogP contribution is -2.26. The molecule has 72 valence electrons. The van der Waals surface area contributed by atoms with Gasteiger partial charge in [0.25, 0.3) is 5.91 Å². The Morgan fingerprint density at radius 2 is 2.14 bits per heavy atom. The predicted octanol–water partition coefficient (Wildman–Crippen LogP) is 2.09. The number of hydrogen-bond acceptors (Lipinski definition) is 1. The van der Waals surface area contributed by atoms with Gasteiger partial charge in [-0.1, -0.05) is 29.8 Å². The van der Waals surface area contributed by atoms with Crippen molar-refractivity contribution in [1.82, 2.24) is 4.90 Å². The summed E-state index contributed by atoms with van der Waals surface area (Å²) in [4.78, 5) is 13.6. The highest BCUT2D eigenvalue weighted by Gasteiger charge is 2.15. The van der Waals surface area contributed by atoms with Crippen molar-refractivity contribution in [2.45, 2.75) is 6.92 Å². The van der Waals surface area contributed by atoms with E-state index in [-0.39, 0.29) is 5.91 Å². The van der Waals surface area contributed by atoms with Crippen LogP contribution in [0.5, 0.6) is 0 Å². The molecule has 0 unspecified atom stereocenters. The van der Waals surface area contributed by atoms with E-state index in [0.29, 0.717) is 6.54 Å². The molecule has 2 heteroatoms. The fourth-order valence-electron chi connectivity index (χ4n) is 1.64. The second kappa shape index (κ2) is 3.29. The van der Waals surface area contributed by atoms with E-state index in [9.17, 15) is 4.79 Å². The molecule has 0 spiro atoms. The summed E-state index contributed by atoms with van der Waals surface area (Å²) in [6.45, 7) is 2.72. The SMILES string of the molecule is Cc1ccc2c(c1)C=CCN(C)C2=O. The summed E-state index contributed by atoms with van der Waals surface area (Å²) < 4.78 is 0. The summed E-state index contributed by atoms with van der Waals surface area (Å²) in [5, 5.41) is 0. The van der Waals surface area contributed by atoms with Crippen LogP contribution in [0.15, 0.2) is 24.3 Å². The third kappa shape index (κ3) is 1.43. The smallest absolute Gasteiger partial charge is 0.254 e. The highest BCUT2D eigenvalue weighted by atomic mass is 16.2. The van der Waals surface area contributed by atoms with Crippen molar-refractivity contribution in [1.29, 1.82) is 0 Å². The summed E-state index contributed by atoms with van der Waals surface area (Å²) in [5.74, 6) is 0.102. The Bertz CT molecular complexity index is 407. The van der Waals surface area contributed by atoms with Gasteiger partial charge in [-0.2, -0.15) is 0 Å². The first-order valence-electron chi connectivity index (χ1n) is 4.71. The summed E-state index contributed by atoms with van der Waals surface area (Å²) in [6, 6.07) is 5.92. The monoisotopic (exact) mass is 187 g/mol. The highest BCUT2D eigenvalue weighted by Crippen LogP contribution is 2.17. The molecule has 0 bridgehead atoms. The number of nitrogens with zero attached hydrogens (tertiary/aromatic N) is 1. The molecule has 0 fully saturated rings. The molecule has 1 aliphatic rings. The molecule has 1 amide bonds. The van der Waals surface area contributed by atoms with E-state index in [1.807, 2.05) is 44.3 Å². The van der Waals surface area contributed by atoms with Crippen LogP contribution in [0.3, 0.4) is 0 Å². The first kappa shape index (κ1) is 9.00. The molecule has 0 aliphatic carbocycles. The van der Waals surface area contributed by atoms with Gasteiger partial charge in [-0.25, -0.2) is 0 Å². The van der Waals surface area contributed by atoms with Gasteiger partial charge < -0.3 is 4.90 Å². The molecule has 1 aromatic carbocycles. The van der Waals surface area contributed by atoms with Crippen LogP contribution in [0.1, 0.15) is 21.5 Å². The van der Waals surface area contributed by atoms with Crippen LogP contribution in [0.25, 0.3) is 6.08 Å². The lowest BCUT2D eigenvalue weighted by Gasteiger charge is -2.13. The van der Waals surface area contributed by atoms with E-state index in [1.165, 1.54) is 5.56 Å². The van der Waals surface area contributed by atoms with Crippen LogP contribution in [0.4, 0.5) is 0 Å². The Hall–Kier alpha value is -1.57. The van der Waals surface area contributed by atoms with E-state index < -0.39 is 0 Å². The van der Waals surface area contributed by atoms with E-state index >= 15 is 0 Å². The van der Waals surface area contributed by atoms with Gasteiger partial charge in [0, 0.05) is 19.2 Å². The minimum atomic E-state index is 0.102. The average molecular weight is 187 g/mol. The zero-order chi connectivity index (χ0) is 10.1. The molecule has 1 aliphatic heterocycles. The number of hydrogen-bond donors (Lipinski definition) is 0. The van der Waals surface area contributed by atoms with E-state index in [2.05, 4.69) is 0 Å². The Kier molecular flexibility index (Phi) is 2.12. The first-order chi connectivity index (χ1) is 6.68. The van der Waals surface area contributed by atoms with Crippen molar-refractivity contribution in [2.75, 3.05) is 13.6 Å². The Morgan fingerprint density at radius 3 is 2.93 bits per heavy atom. The molecule has 14 heavy (non-hydrogen) atoms. The van der Waals surface area contributed by atoms with Gasteiger partial charge in [0.1, 0.15) is 0 Å². The lowest BCUT2D eigenvalue weighted by atomic mass is 10.0. The maximum absolute atomic E-state index is 11.8. The van der Waals surface area contributed by atoms with Crippen LogP contribution < -0.4 is 0 Å². The molecule has 0 saturated heterocycles. The standard InChI is InChI=1S/C12H13NO/c1-9-5-6-11-10(8-9)4-3-7-13(2)12(11)14/h3-6,8H,7H2,1-2H3. The molecule has 0 radical (unpaired) electrons. The zero-order valence-electron chi connectivity index (χ0n) is 8.45. The summed E-state index contributed by atoms with van der Waals surface area (Å²) in [6.07, 6.45) is 4.03. The second-order valence-electron chi connectivity index (χ2n) is 3.68. The number of rotatable bonds is 0. The first-order valence-corrected chi connectivity index (χ1v) is 4.71. The van der Waals surface area contributed by atoms with Crippen LogP contribution in [0, 0.1) is 6.92 Å². The van der Waals surface area contributed by atoms with Gasteiger partial charge >= 0.3 is 0 Å². The molecule has 1 heterocycles. The fourth-order valence-corrected chi connectivity index (χ4v) is 1.64. The van der Waals surface area contributed by atoms with Crippen molar-refractivity contribution in [3.8, 4) is 0 Å². The van der Waals surface area contributed by atoms with Crippen molar-refractivity contribution < 1.29 is 4.79 Å². The van der Waals surface area contributed by atoms with Gasteiger partial charge in [0.15, 0.2) is 0 Å². The van der Waals surface area contributed by atoms with E-state index in [4.69, 9.17) is 0 Å². The maximum atomic E-state index is 11.8. The normalized spacial score (nSPS) is 15.3. The molecular weight excluding hydrogens is 174 g/mol. The van der Waals surface area contributed by atoms with Crippen molar-refractivity contribution in [3.63, 3.8) is 0 Å². The maximum Gasteiger partial charge on any atom is 0.254 e. The number of aryl methyl sites for hydroxylation is 1. The Balaban J connectivity index is 2.56. The second-order valence-corrected chi connectivity index (χ2v) is 3.68. The van der Waals surface area contributed by atoms with Crippen molar-refractivity contribution >= 4 is 12.0 Å².